The van der Waals surface area contributed by atoms with Gasteiger partial charge in [-0.25, -0.2) is 0 Å². The number of nitrogens with zero attached hydrogens (tertiary/aromatic N) is 1. The molecule has 1 aromatic rings. The first-order valence-corrected chi connectivity index (χ1v) is 3.08. The lowest BCUT2D eigenvalue weighted by atomic mass is 10.2. The fraction of sp³-hybridized carbons (Fsp3) is 0.125. The van der Waals surface area contributed by atoms with Crippen molar-refractivity contribution in [3.63, 3.8) is 0 Å². The lowest BCUT2D eigenvalue weighted by molar-refractivity contribution is 1.25. The quantitative estimate of drug-likeness (QED) is 0.633. The number of hydrogen-bond acceptors (Lipinski definition) is 2. The smallest absolute Gasteiger partial charge is 0.0644 e. The lowest BCUT2D eigenvalue weighted by Gasteiger charge is -1.98. The van der Waals surface area contributed by atoms with Crippen LogP contribution in [0.5, 0.6) is 0 Å². The van der Waals surface area contributed by atoms with Gasteiger partial charge >= 0.3 is 0 Å². The molecule has 0 saturated carbocycles. The molecule has 2 nitrogen and oxygen atoms in total. The minimum Gasteiger partial charge on any atom is -0.398 e. The van der Waals surface area contributed by atoms with Crippen LogP contribution in [-0.4, -0.2) is 4.98 Å². The second-order valence-corrected chi connectivity index (χ2v) is 2.17. The number of aromatic nitrogens is 1. The summed E-state index contributed by atoms with van der Waals surface area (Å²) in [6.45, 7) is 5.51. The molecular formula is C8H10N2. The Hall–Kier alpha value is -1.31. The molecule has 0 spiro atoms. The minimum atomic E-state index is 0.768. The van der Waals surface area contributed by atoms with Gasteiger partial charge in [0.2, 0.25) is 0 Å². The standard InChI is InChI=1S/C8H10N2/c1-3-7-4-8(9)6(2)5-10-7/h3-5H,1H2,2H3,(H2,9,10). The Bertz CT molecular complexity index is 253. The van der Waals surface area contributed by atoms with Crippen LogP contribution in [-0.2, 0) is 0 Å². The molecule has 0 aromatic carbocycles. The number of nitrogen functional groups attached to an aromatic ring is 1. The van der Waals surface area contributed by atoms with E-state index in [-0.39, 0.29) is 0 Å². The Kier molecular flexibility index (Phi) is 1.71. The second kappa shape index (κ2) is 2.52. The maximum atomic E-state index is 5.61. The molecule has 0 aliphatic rings. The van der Waals surface area contributed by atoms with Crippen LogP contribution in [0.4, 0.5) is 5.69 Å². The number of rotatable bonds is 1. The number of nitrogens with two attached hydrogens (primary N) is 1. The molecule has 52 valence electrons. The van der Waals surface area contributed by atoms with Crippen molar-refractivity contribution < 1.29 is 0 Å². The monoisotopic (exact) mass is 134 g/mol. The van der Waals surface area contributed by atoms with Crippen LogP contribution >= 0.6 is 0 Å². The van der Waals surface area contributed by atoms with E-state index >= 15 is 0 Å². The molecule has 1 aromatic heterocycles. The Morgan fingerprint density at radius 2 is 2.40 bits per heavy atom. The zero-order valence-corrected chi connectivity index (χ0v) is 5.96. The summed E-state index contributed by atoms with van der Waals surface area (Å²) in [5.74, 6) is 0. The first-order valence-electron chi connectivity index (χ1n) is 3.08. The van der Waals surface area contributed by atoms with Crippen molar-refractivity contribution in [3.8, 4) is 0 Å². The van der Waals surface area contributed by atoms with Gasteiger partial charge in [-0.15, -0.1) is 0 Å². The predicted molar refractivity (Wildman–Crippen MR) is 43.5 cm³/mol. The molecule has 1 heterocycles. The van der Waals surface area contributed by atoms with E-state index in [0.29, 0.717) is 0 Å². The summed E-state index contributed by atoms with van der Waals surface area (Å²) in [5.41, 5.74) is 8.20. The van der Waals surface area contributed by atoms with Gasteiger partial charge < -0.3 is 5.73 Å². The van der Waals surface area contributed by atoms with Gasteiger partial charge in [-0.3, -0.25) is 4.98 Å². The summed E-state index contributed by atoms with van der Waals surface area (Å²) < 4.78 is 0. The van der Waals surface area contributed by atoms with Gasteiger partial charge in [0.25, 0.3) is 0 Å². The molecule has 2 heteroatoms. The summed E-state index contributed by atoms with van der Waals surface area (Å²) in [5, 5.41) is 0. The van der Waals surface area contributed by atoms with Gasteiger partial charge in [-0.1, -0.05) is 6.58 Å². The molecule has 1 rings (SSSR count). The highest BCUT2D eigenvalue weighted by molar-refractivity contribution is 5.53. The summed E-state index contributed by atoms with van der Waals surface area (Å²) in [7, 11) is 0. The van der Waals surface area contributed by atoms with Gasteiger partial charge in [-0.05, 0) is 24.6 Å². The number of aryl methyl sites for hydroxylation is 1. The van der Waals surface area contributed by atoms with Crippen molar-refractivity contribution in [1.82, 2.24) is 4.98 Å². The SMILES string of the molecule is C=Cc1cc(N)c(C)cn1. The van der Waals surface area contributed by atoms with Crippen molar-refractivity contribution in [2.24, 2.45) is 0 Å². The largest absolute Gasteiger partial charge is 0.398 e. The Morgan fingerprint density at radius 1 is 1.70 bits per heavy atom. The van der Waals surface area contributed by atoms with Gasteiger partial charge in [0.1, 0.15) is 0 Å². The van der Waals surface area contributed by atoms with Crippen LogP contribution < -0.4 is 5.73 Å². The summed E-state index contributed by atoms with van der Waals surface area (Å²) in [4.78, 5) is 4.06. The first kappa shape index (κ1) is 6.81. The fourth-order valence-electron chi connectivity index (χ4n) is 0.668. The number of anilines is 1. The number of pyridine rings is 1. The molecule has 0 bridgehead atoms. The average molecular weight is 134 g/mol. The minimum absolute atomic E-state index is 0.768. The van der Waals surface area contributed by atoms with E-state index in [4.69, 9.17) is 5.73 Å². The van der Waals surface area contributed by atoms with Crippen LogP contribution in [0.1, 0.15) is 11.3 Å². The molecule has 0 aliphatic carbocycles. The second-order valence-electron chi connectivity index (χ2n) is 2.17. The number of hydrogen-bond donors (Lipinski definition) is 1. The first-order chi connectivity index (χ1) is 4.74. The van der Waals surface area contributed by atoms with Crippen molar-refractivity contribution >= 4 is 11.8 Å². The van der Waals surface area contributed by atoms with E-state index < -0.39 is 0 Å². The molecule has 0 aliphatic heterocycles. The molecule has 2 N–H and O–H groups in total. The van der Waals surface area contributed by atoms with E-state index in [1.54, 1.807) is 12.3 Å². The van der Waals surface area contributed by atoms with E-state index in [9.17, 15) is 0 Å². The fourth-order valence-corrected chi connectivity index (χ4v) is 0.668. The van der Waals surface area contributed by atoms with Crippen LogP contribution in [0.25, 0.3) is 6.08 Å². The Morgan fingerprint density at radius 3 is 2.90 bits per heavy atom. The highest BCUT2D eigenvalue weighted by Gasteiger charge is 1.92. The van der Waals surface area contributed by atoms with E-state index in [1.165, 1.54) is 0 Å². The van der Waals surface area contributed by atoms with Gasteiger partial charge in [0, 0.05) is 11.9 Å². The molecule has 0 unspecified atom stereocenters. The van der Waals surface area contributed by atoms with Crippen LogP contribution in [0.2, 0.25) is 0 Å². The Balaban J connectivity index is 3.16. The Labute approximate surface area is 60.4 Å². The van der Waals surface area contributed by atoms with Crippen molar-refractivity contribution in [1.29, 1.82) is 0 Å². The van der Waals surface area contributed by atoms with Crippen LogP contribution in [0.3, 0.4) is 0 Å². The summed E-state index contributed by atoms with van der Waals surface area (Å²) in [6, 6.07) is 1.81. The third-order valence-corrected chi connectivity index (χ3v) is 1.38. The van der Waals surface area contributed by atoms with Gasteiger partial charge in [-0.2, -0.15) is 0 Å². The molecule has 0 fully saturated rings. The summed E-state index contributed by atoms with van der Waals surface area (Å²) in [6.07, 6.45) is 3.42. The lowest BCUT2D eigenvalue weighted by Crippen LogP contribution is -1.91. The summed E-state index contributed by atoms with van der Waals surface area (Å²) >= 11 is 0. The maximum absolute atomic E-state index is 5.61. The third-order valence-electron chi connectivity index (χ3n) is 1.38. The van der Waals surface area contributed by atoms with E-state index in [2.05, 4.69) is 11.6 Å². The van der Waals surface area contributed by atoms with Crippen molar-refractivity contribution in [2.75, 3.05) is 5.73 Å². The van der Waals surface area contributed by atoms with E-state index in [0.717, 1.165) is 16.9 Å². The average Bonchev–Trinajstić information content (AvgIpc) is 1.95. The molecule has 0 saturated heterocycles. The highest BCUT2D eigenvalue weighted by atomic mass is 14.7. The zero-order valence-electron chi connectivity index (χ0n) is 5.96. The molecule has 0 atom stereocenters. The zero-order chi connectivity index (χ0) is 7.56. The molecule has 0 amide bonds. The highest BCUT2D eigenvalue weighted by Crippen LogP contribution is 2.09. The molecule has 0 radical (unpaired) electrons. The third kappa shape index (κ3) is 1.16. The van der Waals surface area contributed by atoms with Crippen LogP contribution in [0.15, 0.2) is 18.8 Å². The normalized spacial score (nSPS) is 9.30. The molecule has 10 heavy (non-hydrogen) atoms. The van der Waals surface area contributed by atoms with Crippen molar-refractivity contribution in [3.05, 3.63) is 30.1 Å². The topological polar surface area (TPSA) is 38.9 Å². The van der Waals surface area contributed by atoms with Gasteiger partial charge in [0.15, 0.2) is 0 Å². The van der Waals surface area contributed by atoms with Gasteiger partial charge in [0.05, 0.1) is 5.69 Å². The van der Waals surface area contributed by atoms with Crippen LogP contribution in [0, 0.1) is 6.92 Å². The predicted octanol–water partition coefficient (Wildman–Crippen LogP) is 1.62. The van der Waals surface area contributed by atoms with E-state index in [1.807, 2.05) is 13.0 Å². The van der Waals surface area contributed by atoms with Crippen molar-refractivity contribution in [2.45, 2.75) is 6.92 Å². The molecular weight excluding hydrogens is 124 g/mol. The maximum Gasteiger partial charge on any atom is 0.0644 e.